The molecule has 0 saturated carbocycles. The molecule has 0 bridgehead atoms. The number of hydrogen-bond acceptors (Lipinski definition) is 3. The Morgan fingerprint density at radius 1 is 1.03 bits per heavy atom. The van der Waals surface area contributed by atoms with E-state index >= 15 is 0 Å². The predicted molar refractivity (Wildman–Crippen MR) is 118 cm³/mol. The molecule has 1 aliphatic rings. The highest BCUT2D eigenvalue weighted by molar-refractivity contribution is 7.92. The summed E-state index contributed by atoms with van der Waals surface area (Å²) in [6.07, 6.45) is 1.52. The maximum atomic E-state index is 13.1. The third-order valence-electron chi connectivity index (χ3n) is 5.57. The maximum Gasteiger partial charge on any atom is 0.251 e. The molecule has 1 N–H and O–H groups in total. The molecule has 0 aliphatic carbocycles. The van der Waals surface area contributed by atoms with Gasteiger partial charge in [0.2, 0.25) is 10.0 Å². The zero-order valence-electron chi connectivity index (χ0n) is 17.6. The van der Waals surface area contributed by atoms with E-state index in [-0.39, 0.29) is 23.6 Å². The first-order valence-corrected chi connectivity index (χ1v) is 11.8. The summed E-state index contributed by atoms with van der Waals surface area (Å²) in [5.41, 5.74) is 4.17. The van der Waals surface area contributed by atoms with Crippen molar-refractivity contribution in [2.24, 2.45) is 5.92 Å². The molecule has 1 amide bonds. The molecule has 1 heterocycles. The van der Waals surface area contributed by atoms with Gasteiger partial charge in [0.05, 0.1) is 17.5 Å². The molecule has 1 aliphatic heterocycles. The zero-order valence-corrected chi connectivity index (χ0v) is 18.4. The van der Waals surface area contributed by atoms with E-state index in [9.17, 15) is 13.2 Å². The summed E-state index contributed by atoms with van der Waals surface area (Å²) in [6, 6.07) is 13.2. The van der Waals surface area contributed by atoms with Gasteiger partial charge in [0.15, 0.2) is 0 Å². The van der Waals surface area contributed by atoms with Crippen LogP contribution in [-0.2, 0) is 10.0 Å². The molecule has 0 unspecified atom stereocenters. The molecule has 1 fully saturated rings. The van der Waals surface area contributed by atoms with Gasteiger partial charge in [-0.2, -0.15) is 0 Å². The van der Waals surface area contributed by atoms with Gasteiger partial charge in [-0.05, 0) is 61.4 Å². The van der Waals surface area contributed by atoms with Crippen LogP contribution in [0.15, 0.2) is 42.5 Å². The number of aryl methyl sites for hydroxylation is 2. The number of rotatable bonds is 5. The number of anilines is 1. The van der Waals surface area contributed by atoms with Crippen LogP contribution in [0.3, 0.4) is 0 Å². The van der Waals surface area contributed by atoms with Crippen LogP contribution in [-0.4, -0.2) is 26.6 Å². The van der Waals surface area contributed by atoms with Crippen LogP contribution in [0.2, 0.25) is 0 Å². The highest BCUT2D eigenvalue weighted by Crippen LogP contribution is 2.29. The van der Waals surface area contributed by atoms with Crippen LogP contribution in [0.25, 0.3) is 0 Å². The Morgan fingerprint density at radius 3 is 2.41 bits per heavy atom. The summed E-state index contributed by atoms with van der Waals surface area (Å²) >= 11 is 0. The predicted octanol–water partition coefficient (Wildman–Crippen LogP) is 4.36. The lowest BCUT2D eigenvalue weighted by Crippen LogP contribution is -2.38. The Hall–Kier alpha value is -2.34. The normalized spacial score (nSPS) is 17.2. The van der Waals surface area contributed by atoms with Crippen LogP contribution in [0.5, 0.6) is 0 Å². The molecule has 156 valence electrons. The quantitative estimate of drug-likeness (QED) is 0.790. The molecule has 3 rings (SSSR count). The number of carbonyl (C=O) groups is 1. The summed E-state index contributed by atoms with van der Waals surface area (Å²) in [7, 11) is -3.33. The van der Waals surface area contributed by atoms with Gasteiger partial charge in [0.1, 0.15) is 0 Å². The van der Waals surface area contributed by atoms with Crippen LogP contribution >= 0.6 is 0 Å². The van der Waals surface area contributed by atoms with E-state index in [2.05, 4.69) is 19.2 Å². The second-order valence-electron chi connectivity index (χ2n) is 8.15. The summed E-state index contributed by atoms with van der Waals surface area (Å²) in [6.45, 7) is 8.55. The number of sulfonamides is 1. The minimum atomic E-state index is -3.33. The van der Waals surface area contributed by atoms with E-state index in [4.69, 9.17) is 0 Å². The van der Waals surface area contributed by atoms with Crippen molar-refractivity contribution >= 4 is 21.6 Å². The molecule has 2 aromatic rings. The highest BCUT2D eigenvalue weighted by Gasteiger charge is 2.28. The van der Waals surface area contributed by atoms with E-state index in [1.165, 1.54) is 4.31 Å². The van der Waals surface area contributed by atoms with Gasteiger partial charge in [0.25, 0.3) is 5.91 Å². The van der Waals surface area contributed by atoms with Crippen molar-refractivity contribution in [1.29, 1.82) is 0 Å². The number of nitrogens with one attached hydrogen (secondary N) is 1. The molecule has 2 aromatic carbocycles. The van der Waals surface area contributed by atoms with E-state index in [0.717, 1.165) is 23.1 Å². The van der Waals surface area contributed by atoms with Gasteiger partial charge in [-0.1, -0.05) is 44.2 Å². The average molecular weight is 415 g/mol. The molecule has 0 spiro atoms. The van der Waals surface area contributed by atoms with Crippen molar-refractivity contribution < 1.29 is 13.2 Å². The van der Waals surface area contributed by atoms with Gasteiger partial charge < -0.3 is 5.32 Å². The fourth-order valence-electron chi connectivity index (χ4n) is 3.84. The Bertz CT molecular complexity index is 999. The number of nitrogens with zero attached hydrogens (tertiary/aromatic N) is 1. The first kappa shape index (κ1) is 21.4. The fourth-order valence-corrected chi connectivity index (χ4v) is 5.54. The molecule has 29 heavy (non-hydrogen) atoms. The summed E-state index contributed by atoms with van der Waals surface area (Å²) in [5.74, 6) is 0.182. The minimum Gasteiger partial charge on any atom is -0.345 e. The molecular weight excluding hydrogens is 384 g/mol. The van der Waals surface area contributed by atoms with Gasteiger partial charge in [0, 0.05) is 12.1 Å². The highest BCUT2D eigenvalue weighted by atomic mass is 32.2. The van der Waals surface area contributed by atoms with Crippen molar-refractivity contribution in [1.82, 2.24) is 5.32 Å². The number of carbonyl (C=O) groups excluding carboxylic acids is 1. The van der Waals surface area contributed by atoms with E-state index in [1.54, 1.807) is 12.1 Å². The van der Waals surface area contributed by atoms with Gasteiger partial charge in [-0.3, -0.25) is 9.10 Å². The lowest BCUT2D eigenvalue weighted by atomic mass is 9.92. The Kier molecular flexibility index (Phi) is 6.32. The Labute approximate surface area is 174 Å². The smallest absolute Gasteiger partial charge is 0.251 e. The standard InChI is InChI=1S/C23H30N2O3S/c1-16(2)22(20-10-6-5-9-17(20)3)24-23(26)19-12-11-18(4)21(15-19)25-13-7-8-14-29(25,27)28/h5-6,9-12,15-16,22H,7-8,13-14H2,1-4H3,(H,24,26)/t22-/m0/s1. The maximum absolute atomic E-state index is 13.1. The van der Waals surface area contributed by atoms with Crippen molar-refractivity contribution in [2.45, 2.75) is 46.6 Å². The van der Waals surface area contributed by atoms with Crippen LogP contribution in [0.1, 0.15) is 59.8 Å². The van der Waals surface area contributed by atoms with Crippen molar-refractivity contribution in [3.8, 4) is 0 Å². The summed E-state index contributed by atoms with van der Waals surface area (Å²) in [4.78, 5) is 13.1. The second-order valence-corrected chi connectivity index (χ2v) is 10.2. The van der Waals surface area contributed by atoms with Crippen LogP contribution in [0.4, 0.5) is 5.69 Å². The van der Waals surface area contributed by atoms with Crippen molar-refractivity contribution in [3.05, 3.63) is 64.7 Å². The zero-order chi connectivity index (χ0) is 21.2. The van der Waals surface area contributed by atoms with Crippen LogP contribution in [0, 0.1) is 19.8 Å². The average Bonchev–Trinajstić information content (AvgIpc) is 2.67. The number of hydrogen-bond donors (Lipinski definition) is 1. The van der Waals surface area contributed by atoms with E-state index in [1.807, 2.05) is 44.2 Å². The topological polar surface area (TPSA) is 66.5 Å². The Morgan fingerprint density at radius 2 is 1.76 bits per heavy atom. The molecule has 5 nitrogen and oxygen atoms in total. The lowest BCUT2D eigenvalue weighted by Gasteiger charge is -2.30. The third-order valence-corrected chi connectivity index (χ3v) is 7.42. The third kappa shape index (κ3) is 4.64. The van der Waals surface area contributed by atoms with E-state index in [0.29, 0.717) is 24.2 Å². The second kappa shape index (κ2) is 8.57. The largest absolute Gasteiger partial charge is 0.345 e. The molecule has 6 heteroatoms. The summed E-state index contributed by atoms with van der Waals surface area (Å²) < 4.78 is 26.5. The first-order valence-electron chi connectivity index (χ1n) is 10.2. The Balaban J connectivity index is 1.90. The first-order chi connectivity index (χ1) is 13.7. The number of amides is 1. The molecule has 1 saturated heterocycles. The molecular formula is C23H30N2O3S. The molecule has 0 aromatic heterocycles. The van der Waals surface area contributed by atoms with Gasteiger partial charge in [-0.15, -0.1) is 0 Å². The fraction of sp³-hybridized carbons (Fsp3) is 0.435. The monoisotopic (exact) mass is 414 g/mol. The summed E-state index contributed by atoms with van der Waals surface area (Å²) in [5, 5.41) is 3.15. The minimum absolute atomic E-state index is 0.118. The van der Waals surface area contributed by atoms with Crippen LogP contribution < -0.4 is 9.62 Å². The van der Waals surface area contributed by atoms with Gasteiger partial charge >= 0.3 is 0 Å². The van der Waals surface area contributed by atoms with Crippen molar-refractivity contribution in [3.63, 3.8) is 0 Å². The molecule has 1 atom stereocenters. The molecule has 0 radical (unpaired) electrons. The van der Waals surface area contributed by atoms with E-state index < -0.39 is 10.0 Å². The SMILES string of the molecule is Cc1ccccc1[C@@H](NC(=O)c1ccc(C)c(N2CCCCS2(=O)=O)c1)C(C)C. The van der Waals surface area contributed by atoms with Gasteiger partial charge in [-0.25, -0.2) is 8.42 Å². The van der Waals surface area contributed by atoms with Crippen molar-refractivity contribution in [2.75, 3.05) is 16.6 Å². The lowest BCUT2D eigenvalue weighted by molar-refractivity contribution is 0.0925. The number of benzene rings is 2.